The molecule has 0 N–H and O–H groups in total. The summed E-state index contributed by atoms with van der Waals surface area (Å²) in [5, 5.41) is 0. The highest BCUT2D eigenvalue weighted by atomic mass is 16.5. The molecule has 0 aliphatic carbocycles. The van der Waals surface area contributed by atoms with Crippen LogP contribution in [0.1, 0.15) is 24.0 Å². The summed E-state index contributed by atoms with van der Waals surface area (Å²) in [4.78, 5) is 10.0. The van der Waals surface area contributed by atoms with Crippen molar-refractivity contribution in [2.45, 2.75) is 25.7 Å². The molecule has 6 nitrogen and oxygen atoms in total. The molecule has 0 radical (unpaired) electrons. The Labute approximate surface area is 432 Å². The lowest BCUT2D eigenvalue weighted by atomic mass is 9.30. The lowest BCUT2D eigenvalue weighted by Gasteiger charge is -2.47. The van der Waals surface area contributed by atoms with Crippen LogP contribution in [0.5, 0.6) is 23.0 Å². The van der Waals surface area contributed by atoms with E-state index in [4.69, 9.17) is 9.47 Å². The van der Waals surface area contributed by atoms with Gasteiger partial charge in [0.1, 0.15) is 23.0 Å². The van der Waals surface area contributed by atoms with Crippen LogP contribution in [0.25, 0.3) is 11.1 Å². The molecule has 0 bridgehead atoms. The first-order valence-corrected chi connectivity index (χ1v) is 26.3. The van der Waals surface area contributed by atoms with Crippen molar-refractivity contribution in [3.63, 3.8) is 0 Å². The maximum atomic E-state index is 7.63. The zero-order chi connectivity index (χ0) is 48.4. The maximum absolute atomic E-state index is 7.63. The average molecular weight is 951 g/mol. The van der Waals surface area contributed by atoms with Gasteiger partial charge in [-0.15, -0.1) is 0 Å². The largest absolute Gasteiger partial charge is 0.458 e. The summed E-state index contributed by atoms with van der Waals surface area (Å²) in [5.41, 5.74) is 24.0. The fraction of sp³-hybridized carbons (Fsp3) is 0.0909. The summed E-state index contributed by atoms with van der Waals surface area (Å²) in [5.74, 6) is 3.73. The summed E-state index contributed by atoms with van der Waals surface area (Å²) in [6.45, 7) is 1.94. The molecule has 0 amide bonds. The molecule has 8 heteroatoms. The first kappa shape index (κ1) is 41.7. The molecular weight excluding hydrogens is 902 g/mol. The van der Waals surface area contributed by atoms with E-state index in [9.17, 15) is 0 Å². The van der Waals surface area contributed by atoms with Gasteiger partial charge in [0.2, 0.25) is 0 Å². The van der Waals surface area contributed by atoms with Crippen molar-refractivity contribution >= 4 is 103 Å². The minimum atomic E-state index is -0.120. The van der Waals surface area contributed by atoms with Crippen molar-refractivity contribution in [2.75, 3.05) is 32.7 Å². The van der Waals surface area contributed by atoms with Gasteiger partial charge in [-0.1, -0.05) is 140 Å². The number of anilines is 10. The fourth-order valence-corrected chi connectivity index (χ4v) is 13.5. The molecule has 74 heavy (non-hydrogen) atoms. The molecule has 0 aromatic heterocycles. The van der Waals surface area contributed by atoms with Crippen molar-refractivity contribution in [2.24, 2.45) is 0 Å². The predicted molar refractivity (Wildman–Crippen MR) is 307 cm³/mol. The van der Waals surface area contributed by atoms with Crippen LogP contribution in [0.3, 0.4) is 0 Å². The number of para-hydroxylation sites is 5. The summed E-state index contributed by atoms with van der Waals surface area (Å²) < 4.78 is 15.1. The number of hydrogen-bond donors (Lipinski definition) is 0. The summed E-state index contributed by atoms with van der Waals surface area (Å²) in [6.07, 6.45) is 4.26. The first-order valence-electron chi connectivity index (χ1n) is 26.3. The highest BCUT2D eigenvalue weighted by Gasteiger charge is 2.49. The van der Waals surface area contributed by atoms with Gasteiger partial charge in [-0.25, -0.2) is 0 Å². The van der Waals surface area contributed by atoms with Crippen molar-refractivity contribution in [1.29, 1.82) is 0 Å². The van der Waals surface area contributed by atoms with Gasteiger partial charge in [0, 0.05) is 76.3 Å². The molecule has 10 aromatic rings. The quantitative estimate of drug-likeness (QED) is 0.154. The molecule has 0 fully saturated rings. The van der Waals surface area contributed by atoms with Crippen LogP contribution in [0.2, 0.25) is 0 Å². The maximum Gasteiger partial charge on any atom is 0.256 e. The smallest absolute Gasteiger partial charge is 0.256 e. The van der Waals surface area contributed by atoms with Gasteiger partial charge in [-0.05, 0) is 142 Å². The van der Waals surface area contributed by atoms with E-state index >= 15 is 0 Å². The molecule has 0 saturated heterocycles. The number of rotatable bonds is 6. The number of benzene rings is 10. The normalized spacial score (nSPS) is 14.8. The van der Waals surface area contributed by atoms with E-state index in [-0.39, 0.29) is 13.4 Å². The van der Waals surface area contributed by atoms with E-state index in [0.717, 1.165) is 113 Å². The summed E-state index contributed by atoms with van der Waals surface area (Å²) in [7, 11) is 0. The van der Waals surface area contributed by atoms with E-state index in [0.29, 0.717) is 0 Å². The van der Waals surface area contributed by atoms with E-state index < -0.39 is 0 Å². The SMILES string of the molecule is c1ccc(-c2ccc3c(c2)Oc2c4c5c(c6c2B3c2cc3c(cc2N6c2ccccc2)Oc2cc(N(c6ccccc6)c6ccccc6)cc6c2B3c2ccccc2N6c2ccccc2)CCCN5CCC4)cc1. The van der Waals surface area contributed by atoms with Crippen LogP contribution >= 0.6 is 0 Å². The van der Waals surface area contributed by atoms with Crippen molar-refractivity contribution in [3.05, 3.63) is 230 Å². The van der Waals surface area contributed by atoms with E-state index in [1.54, 1.807) is 0 Å². The van der Waals surface area contributed by atoms with Gasteiger partial charge in [0.05, 0.1) is 11.4 Å². The van der Waals surface area contributed by atoms with Crippen LogP contribution in [0.4, 0.5) is 56.9 Å². The fourth-order valence-electron chi connectivity index (χ4n) is 13.5. The van der Waals surface area contributed by atoms with Crippen LogP contribution in [0, 0.1) is 0 Å². The monoisotopic (exact) mass is 950 g/mol. The van der Waals surface area contributed by atoms with E-state index in [2.05, 4.69) is 238 Å². The van der Waals surface area contributed by atoms with Gasteiger partial charge in [-0.3, -0.25) is 0 Å². The Balaban J connectivity index is 0.981. The van der Waals surface area contributed by atoms with Crippen LogP contribution < -0.4 is 61.9 Å². The molecule has 16 rings (SSSR count). The van der Waals surface area contributed by atoms with Crippen LogP contribution in [0.15, 0.2) is 218 Å². The van der Waals surface area contributed by atoms with E-state index in [1.165, 1.54) is 60.8 Å². The zero-order valence-electron chi connectivity index (χ0n) is 40.8. The van der Waals surface area contributed by atoms with Crippen molar-refractivity contribution in [1.82, 2.24) is 0 Å². The Morgan fingerprint density at radius 1 is 0.378 bits per heavy atom. The molecule has 0 atom stereocenters. The number of fused-ring (bicyclic) bond motifs is 10. The van der Waals surface area contributed by atoms with Crippen molar-refractivity contribution < 1.29 is 9.47 Å². The molecule has 350 valence electrons. The predicted octanol–water partition coefficient (Wildman–Crippen LogP) is 12.3. The molecule has 6 aliphatic rings. The summed E-state index contributed by atoms with van der Waals surface area (Å²) >= 11 is 0. The zero-order valence-corrected chi connectivity index (χ0v) is 40.8. The Hall–Kier alpha value is -8.87. The topological polar surface area (TPSA) is 31.4 Å². The van der Waals surface area contributed by atoms with Crippen LogP contribution in [-0.2, 0) is 12.8 Å². The molecule has 0 spiro atoms. The second-order valence-electron chi connectivity index (χ2n) is 20.5. The second-order valence-corrected chi connectivity index (χ2v) is 20.5. The van der Waals surface area contributed by atoms with E-state index in [1.807, 2.05) is 0 Å². The third-order valence-electron chi connectivity index (χ3n) is 16.5. The minimum absolute atomic E-state index is 0.0825. The minimum Gasteiger partial charge on any atom is -0.458 e. The highest BCUT2D eigenvalue weighted by Crippen LogP contribution is 2.53. The second kappa shape index (κ2) is 16.3. The van der Waals surface area contributed by atoms with Gasteiger partial charge in [0.25, 0.3) is 13.4 Å². The molecule has 6 heterocycles. The molecule has 10 aromatic carbocycles. The Kier molecular flexibility index (Phi) is 9.20. The first-order chi connectivity index (χ1) is 36.7. The standard InChI is InChI=1S/C66H48B2N4O2/c1-6-20-43(21-7-1)44-34-35-53-59(38-44)74-66-51-31-19-37-69-36-18-30-50(64(51)69)65-63(66)68(53)54-41-55-60(42-57(54)72(65)48-28-14-5-15-29-48)73-61-40-49(70(45-22-8-2-9-23-45)46-24-10-3-11-25-46)39-58-62(61)67(55)52-32-16-17-33-56(52)71(58)47-26-12-4-13-27-47/h1-17,20-29,32-35,38-42H,18-19,30-31,36-37H2. The third-order valence-corrected chi connectivity index (χ3v) is 16.5. The third kappa shape index (κ3) is 6.15. The highest BCUT2D eigenvalue weighted by molar-refractivity contribution is 7.02. The van der Waals surface area contributed by atoms with Gasteiger partial charge in [0.15, 0.2) is 0 Å². The number of ether oxygens (including phenoxy) is 2. The van der Waals surface area contributed by atoms with Crippen LogP contribution in [-0.4, -0.2) is 26.5 Å². The number of nitrogens with zero attached hydrogens (tertiary/aromatic N) is 4. The molecule has 0 saturated carbocycles. The Morgan fingerprint density at radius 3 is 1.70 bits per heavy atom. The molecule has 6 aliphatic heterocycles. The summed E-state index contributed by atoms with van der Waals surface area (Å²) in [6, 6.07) is 79.6. The average Bonchev–Trinajstić information content (AvgIpc) is 3.59. The molecular formula is C66H48B2N4O2. The Bertz CT molecular complexity index is 3850. The van der Waals surface area contributed by atoms with Crippen molar-refractivity contribution in [3.8, 4) is 34.1 Å². The lowest BCUT2D eigenvalue weighted by Crippen LogP contribution is -2.64. The molecule has 0 unspecified atom stereocenters. The lowest BCUT2D eigenvalue weighted by molar-refractivity contribution is 0.475. The van der Waals surface area contributed by atoms with Gasteiger partial charge in [-0.2, -0.15) is 0 Å². The Morgan fingerprint density at radius 2 is 0.986 bits per heavy atom. The van der Waals surface area contributed by atoms with Gasteiger partial charge >= 0.3 is 0 Å². The number of hydrogen-bond acceptors (Lipinski definition) is 6. The van der Waals surface area contributed by atoms with Gasteiger partial charge < -0.3 is 29.1 Å².